The Bertz CT molecular complexity index is 841. The lowest BCUT2D eigenvalue weighted by molar-refractivity contribution is 0.485. The van der Waals surface area contributed by atoms with Crippen molar-refractivity contribution >= 4 is 11.3 Å². The molecule has 0 bridgehead atoms. The Morgan fingerprint density at radius 2 is 2.22 bits per heavy atom. The normalized spacial score (nSPS) is 17.4. The zero-order chi connectivity index (χ0) is 16.0. The first kappa shape index (κ1) is 14.6. The number of aryl methyl sites for hydroxylation is 4. The van der Waals surface area contributed by atoms with E-state index in [2.05, 4.69) is 41.5 Å². The van der Waals surface area contributed by atoms with Crippen LogP contribution in [0.1, 0.15) is 52.9 Å². The van der Waals surface area contributed by atoms with Crippen LogP contribution < -0.4 is 0 Å². The van der Waals surface area contributed by atoms with Gasteiger partial charge in [-0.15, -0.1) is 11.3 Å². The Hall–Kier alpha value is -1.95. The van der Waals surface area contributed by atoms with Gasteiger partial charge in [0, 0.05) is 29.4 Å². The molecule has 3 heterocycles. The fourth-order valence-corrected chi connectivity index (χ4v) is 4.48. The lowest BCUT2D eigenvalue weighted by atomic mass is 9.97. The van der Waals surface area contributed by atoms with E-state index in [1.54, 1.807) is 0 Å². The fourth-order valence-electron chi connectivity index (χ4n) is 3.44. The van der Waals surface area contributed by atoms with E-state index < -0.39 is 0 Å². The Labute approximate surface area is 139 Å². The van der Waals surface area contributed by atoms with E-state index in [0.29, 0.717) is 0 Å². The molecule has 0 amide bonds. The van der Waals surface area contributed by atoms with Crippen LogP contribution in [0.3, 0.4) is 0 Å². The maximum Gasteiger partial charge on any atom is 0.161 e. The second kappa shape index (κ2) is 5.60. The van der Waals surface area contributed by atoms with Crippen LogP contribution in [0, 0.1) is 13.8 Å². The molecule has 0 saturated carbocycles. The largest absolute Gasteiger partial charge is 0.345 e. The van der Waals surface area contributed by atoms with Crippen LogP contribution in [-0.2, 0) is 12.8 Å². The monoisotopic (exact) mass is 327 g/mol. The van der Waals surface area contributed by atoms with Crippen LogP contribution in [0.4, 0.5) is 0 Å². The first-order valence-electron chi connectivity index (χ1n) is 8.22. The molecule has 1 atom stereocenters. The number of H-pyrrole nitrogens is 1. The van der Waals surface area contributed by atoms with Crippen LogP contribution in [0.15, 0.2) is 12.4 Å². The second-order valence-corrected chi connectivity index (χ2v) is 7.41. The van der Waals surface area contributed by atoms with Gasteiger partial charge in [0.15, 0.2) is 5.82 Å². The number of hydrogen-bond donors (Lipinski definition) is 1. The maximum atomic E-state index is 4.81. The molecule has 120 valence electrons. The summed E-state index contributed by atoms with van der Waals surface area (Å²) in [6, 6.07) is 0.280. The van der Waals surface area contributed by atoms with E-state index in [1.807, 2.05) is 17.5 Å². The lowest BCUT2D eigenvalue weighted by Crippen LogP contribution is -2.17. The highest BCUT2D eigenvalue weighted by molar-refractivity contribution is 7.11. The summed E-state index contributed by atoms with van der Waals surface area (Å²) in [5.74, 6) is 1.96. The average Bonchev–Trinajstić information content (AvgIpc) is 3.22. The van der Waals surface area contributed by atoms with Crippen LogP contribution in [0.25, 0.3) is 11.5 Å². The lowest BCUT2D eigenvalue weighted by Gasteiger charge is -2.24. The highest BCUT2D eigenvalue weighted by atomic mass is 32.1. The van der Waals surface area contributed by atoms with E-state index in [1.165, 1.54) is 17.0 Å². The summed E-state index contributed by atoms with van der Waals surface area (Å²) in [5.41, 5.74) is 3.28. The van der Waals surface area contributed by atoms with Gasteiger partial charge in [-0.3, -0.25) is 0 Å². The molecule has 0 spiro atoms. The molecule has 1 aliphatic carbocycles. The molecule has 0 saturated heterocycles. The Morgan fingerprint density at radius 1 is 1.35 bits per heavy atom. The molecule has 0 aromatic carbocycles. The molecule has 3 aromatic rings. The van der Waals surface area contributed by atoms with Gasteiger partial charge in [0.25, 0.3) is 0 Å². The predicted molar refractivity (Wildman–Crippen MR) is 91.9 cm³/mol. The Morgan fingerprint density at radius 3 is 3.00 bits per heavy atom. The van der Waals surface area contributed by atoms with Crippen molar-refractivity contribution in [1.82, 2.24) is 24.5 Å². The smallest absolute Gasteiger partial charge is 0.161 e. The molecule has 0 radical (unpaired) electrons. The summed E-state index contributed by atoms with van der Waals surface area (Å²) in [6.45, 7) is 6.28. The van der Waals surface area contributed by atoms with Crippen molar-refractivity contribution in [1.29, 1.82) is 0 Å². The summed E-state index contributed by atoms with van der Waals surface area (Å²) < 4.78 is 2.26. The summed E-state index contributed by atoms with van der Waals surface area (Å²) in [6.07, 6.45) is 8.33. The minimum absolute atomic E-state index is 0.280. The summed E-state index contributed by atoms with van der Waals surface area (Å²) in [5, 5.41) is 1.16. The third-order valence-corrected chi connectivity index (χ3v) is 5.56. The Balaban J connectivity index is 1.80. The van der Waals surface area contributed by atoms with Gasteiger partial charge in [-0.05, 0) is 33.1 Å². The summed E-state index contributed by atoms with van der Waals surface area (Å²) >= 11 is 1.84. The molecular formula is C17H21N5S. The van der Waals surface area contributed by atoms with E-state index >= 15 is 0 Å². The van der Waals surface area contributed by atoms with Crippen LogP contribution in [0.5, 0.6) is 0 Å². The molecule has 1 unspecified atom stereocenters. The molecule has 23 heavy (non-hydrogen) atoms. The number of nitrogens with zero attached hydrogens (tertiary/aromatic N) is 4. The third-order valence-electron chi connectivity index (χ3n) is 4.52. The molecule has 6 heteroatoms. The van der Waals surface area contributed by atoms with Crippen molar-refractivity contribution in [3.8, 4) is 11.5 Å². The first-order chi connectivity index (χ1) is 11.2. The van der Waals surface area contributed by atoms with Crippen molar-refractivity contribution in [2.24, 2.45) is 0 Å². The molecule has 1 aliphatic rings. The van der Waals surface area contributed by atoms with Crippen molar-refractivity contribution in [3.05, 3.63) is 39.5 Å². The van der Waals surface area contributed by atoms with Gasteiger partial charge in [0.2, 0.25) is 0 Å². The van der Waals surface area contributed by atoms with Gasteiger partial charge < -0.3 is 9.55 Å². The average molecular weight is 327 g/mol. The fraction of sp³-hybridized carbons (Fsp3) is 0.471. The predicted octanol–water partition coefficient (Wildman–Crippen LogP) is 3.83. The van der Waals surface area contributed by atoms with Crippen LogP contribution >= 0.6 is 11.3 Å². The van der Waals surface area contributed by atoms with Crippen molar-refractivity contribution < 1.29 is 0 Å². The second-order valence-electron chi connectivity index (χ2n) is 6.12. The summed E-state index contributed by atoms with van der Waals surface area (Å²) in [7, 11) is 0. The van der Waals surface area contributed by atoms with E-state index in [4.69, 9.17) is 9.97 Å². The van der Waals surface area contributed by atoms with Crippen molar-refractivity contribution in [2.45, 2.75) is 52.5 Å². The Kier molecular flexibility index (Phi) is 3.56. The number of nitrogens with one attached hydrogen (secondary N) is 1. The molecule has 0 aliphatic heterocycles. The number of hydrogen-bond acceptors (Lipinski definition) is 4. The number of thiazole rings is 1. The molecule has 3 aromatic heterocycles. The quantitative estimate of drug-likeness (QED) is 0.795. The number of fused-ring (bicyclic) bond motifs is 1. The standard InChI is InChI=1S/C17H21N5S/c1-4-14-19-10(2)15(21-14)17-18-8-9-22(17)12-6-5-7-13-16(12)20-11(3)23-13/h8-9,12H,4-7H2,1-3H3,(H,19,21). The highest BCUT2D eigenvalue weighted by Crippen LogP contribution is 2.37. The molecule has 5 nitrogen and oxygen atoms in total. The van der Waals surface area contributed by atoms with Crippen LogP contribution in [0.2, 0.25) is 0 Å². The number of aromatic amines is 1. The molecular weight excluding hydrogens is 306 g/mol. The SMILES string of the molecule is CCc1nc(-c2nccn2C2CCCc3sc(C)nc32)c(C)[nH]1. The van der Waals surface area contributed by atoms with Gasteiger partial charge in [0.05, 0.1) is 16.7 Å². The topological polar surface area (TPSA) is 59.4 Å². The maximum absolute atomic E-state index is 4.81. The summed E-state index contributed by atoms with van der Waals surface area (Å²) in [4.78, 5) is 18.9. The van der Waals surface area contributed by atoms with E-state index in [-0.39, 0.29) is 6.04 Å². The number of rotatable bonds is 3. The minimum Gasteiger partial charge on any atom is -0.345 e. The van der Waals surface area contributed by atoms with Crippen molar-refractivity contribution in [3.63, 3.8) is 0 Å². The van der Waals surface area contributed by atoms with E-state index in [0.717, 1.165) is 47.3 Å². The van der Waals surface area contributed by atoms with Gasteiger partial charge in [-0.1, -0.05) is 6.92 Å². The zero-order valence-corrected chi connectivity index (χ0v) is 14.6. The number of aromatic nitrogens is 5. The number of imidazole rings is 2. The van der Waals surface area contributed by atoms with Gasteiger partial charge >= 0.3 is 0 Å². The van der Waals surface area contributed by atoms with Gasteiger partial charge in [-0.25, -0.2) is 15.0 Å². The molecule has 1 N–H and O–H groups in total. The van der Waals surface area contributed by atoms with Crippen molar-refractivity contribution in [2.75, 3.05) is 0 Å². The van der Waals surface area contributed by atoms with Crippen LogP contribution in [-0.4, -0.2) is 24.5 Å². The minimum atomic E-state index is 0.280. The highest BCUT2D eigenvalue weighted by Gasteiger charge is 2.28. The van der Waals surface area contributed by atoms with Gasteiger partial charge in [0.1, 0.15) is 11.5 Å². The zero-order valence-electron chi connectivity index (χ0n) is 13.8. The molecule has 0 fully saturated rings. The molecule has 4 rings (SSSR count). The van der Waals surface area contributed by atoms with E-state index in [9.17, 15) is 0 Å². The first-order valence-corrected chi connectivity index (χ1v) is 9.04. The van der Waals surface area contributed by atoms with Gasteiger partial charge in [-0.2, -0.15) is 0 Å². The third kappa shape index (κ3) is 2.41.